The average molecular weight is 282 g/mol. The molecule has 0 spiro atoms. The summed E-state index contributed by atoms with van der Waals surface area (Å²) in [5, 5.41) is 0. The zero-order valence-electron chi connectivity index (χ0n) is 9.96. The van der Waals surface area contributed by atoms with Gasteiger partial charge in [-0.25, -0.2) is 24.3 Å². The van der Waals surface area contributed by atoms with E-state index in [1.165, 1.54) is 0 Å². The first kappa shape index (κ1) is 16.5. The van der Waals surface area contributed by atoms with Crippen molar-refractivity contribution < 1.29 is 27.6 Å². The van der Waals surface area contributed by atoms with Gasteiger partial charge in [-0.3, -0.25) is 12.2 Å². The maximum Gasteiger partial charge on any atom is 3.00 e. The average Bonchev–Trinajstić information content (AvgIpc) is 2.85. The molecule has 0 N–H and O–H groups in total. The second kappa shape index (κ2) is 15.5. The molecule has 0 nitrogen and oxygen atoms in total. The van der Waals surface area contributed by atoms with E-state index < -0.39 is 0 Å². The third-order valence-corrected chi connectivity index (χ3v) is 1.17. The minimum Gasteiger partial charge on any atom is -1.00 e. The third-order valence-electron chi connectivity index (χ3n) is 1.17. The molecule has 0 aliphatic heterocycles. The van der Waals surface area contributed by atoms with Crippen LogP contribution in [0.25, 0.3) is 0 Å². The molecule has 0 saturated carbocycles. The van der Waals surface area contributed by atoms with Crippen LogP contribution in [-0.4, -0.2) is 9.52 Å². The smallest absolute Gasteiger partial charge is 1.00 e. The monoisotopic (exact) mass is 280 g/mol. The molecule has 0 fully saturated rings. The second-order valence-electron chi connectivity index (χ2n) is 2.58. The van der Waals surface area contributed by atoms with Crippen LogP contribution in [0.2, 0.25) is 13.1 Å². The summed E-state index contributed by atoms with van der Waals surface area (Å²) in [6, 6.07) is 0. The maximum atomic E-state index is 2.99. The van der Waals surface area contributed by atoms with Gasteiger partial charge in [-0.1, -0.05) is 13.1 Å². The molecule has 2 rings (SSSR count). The van der Waals surface area contributed by atoms with Crippen molar-refractivity contribution >= 4 is 9.52 Å². The molecule has 2 aliphatic rings. The number of allylic oxidation sites excluding steroid dienone is 8. The van der Waals surface area contributed by atoms with Gasteiger partial charge in [0.1, 0.15) is 0 Å². The van der Waals surface area contributed by atoms with Crippen molar-refractivity contribution in [1.29, 1.82) is 0 Å². The predicted octanol–water partition coefficient (Wildman–Crippen LogP) is 3.24. The van der Waals surface area contributed by atoms with E-state index in [0.29, 0.717) is 0 Å². The van der Waals surface area contributed by atoms with E-state index >= 15 is 0 Å². The van der Waals surface area contributed by atoms with Crippen LogP contribution in [0.15, 0.2) is 36.5 Å². The summed E-state index contributed by atoms with van der Waals surface area (Å²) < 4.78 is 0. The largest absolute Gasteiger partial charge is 3.00 e. The van der Waals surface area contributed by atoms with E-state index in [9.17, 15) is 0 Å². The van der Waals surface area contributed by atoms with Crippen molar-refractivity contribution in [3.63, 3.8) is 0 Å². The fraction of sp³-hybridized carbons (Fsp3) is 0.333. The number of hydrogen-bond acceptors (Lipinski definition) is 0. The van der Waals surface area contributed by atoms with Gasteiger partial charge in [-0.15, -0.1) is 12.8 Å². The Hall–Kier alpha value is 0.0600. The molecule has 2 heteroatoms. The molecule has 0 heterocycles. The summed E-state index contributed by atoms with van der Waals surface area (Å²) in [5.41, 5.74) is 0. The normalized spacial score (nSPS) is 13.9. The Labute approximate surface area is 111 Å². The topological polar surface area (TPSA) is 0 Å². The standard InChI is InChI=1S/2C5H5.C2H7Si.Zr.H/c2*1-2-4-5-3-1;1-3-2;;/h2*1-3H,4H2;3H,1-2H3;;/q2*-1;;+3;-1. The molecule has 0 atom stereocenters. The van der Waals surface area contributed by atoms with Crippen LogP contribution < -0.4 is 0 Å². The molecule has 0 aromatic carbocycles. The van der Waals surface area contributed by atoms with E-state index in [1.54, 1.807) is 0 Å². The first-order valence-corrected chi connectivity index (χ1v) is 6.90. The van der Waals surface area contributed by atoms with Gasteiger partial charge in [0.25, 0.3) is 0 Å². The summed E-state index contributed by atoms with van der Waals surface area (Å²) in [7, 11) is 0.750. The fourth-order valence-corrected chi connectivity index (χ4v) is 0.680. The van der Waals surface area contributed by atoms with Gasteiger partial charge in [-0.05, 0) is 0 Å². The van der Waals surface area contributed by atoms with Gasteiger partial charge >= 0.3 is 26.2 Å². The van der Waals surface area contributed by atoms with E-state index in [-0.39, 0.29) is 27.6 Å². The van der Waals surface area contributed by atoms with Crippen LogP contribution in [0, 0.1) is 12.2 Å². The van der Waals surface area contributed by atoms with Crippen molar-refractivity contribution in [1.82, 2.24) is 0 Å². The molecular formula is C12H18SiZr. The predicted molar refractivity (Wildman–Crippen MR) is 63.1 cm³/mol. The molecule has 74 valence electrons. The Kier molecular flexibility index (Phi) is 18.3. The molecule has 0 saturated heterocycles. The second-order valence-corrected chi connectivity index (χ2v) is 3.74. The third kappa shape index (κ3) is 14.6. The van der Waals surface area contributed by atoms with Crippen molar-refractivity contribution in [2.45, 2.75) is 25.9 Å². The Morgan fingerprint density at radius 2 is 1.36 bits per heavy atom. The fourth-order valence-electron chi connectivity index (χ4n) is 0.680. The van der Waals surface area contributed by atoms with Gasteiger partial charge in [0, 0.05) is 9.52 Å². The van der Waals surface area contributed by atoms with Gasteiger partial charge < -0.3 is 1.43 Å². The summed E-state index contributed by atoms with van der Waals surface area (Å²) in [4.78, 5) is 0. The van der Waals surface area contributed by atoms with Gasteiger partial charge in [0.15, 0.2) is 0 Å². The van der Waals surface area contributed by atoms with Crippen LogP contribution >= 0.6 is 0 Å². The van der Waals surface area contributed by atoms with Crippen molar-refractivity contribution in [2.24, 2.45) is 0 Å². The summed E-state index contributed by atoms with van der Waals surface area (Å²) in [5.74, 6) is 0. The maximum absolute atomic E-state index is 2.99. The molecule has 0 aromatic rings. The summed E-state index contributed by atoms with van der Waals surface area (Å²) in [6.07, 6.45) is 20.0. The SMILES string of the molecule is C[SiH]C.[C-]1=CC=CC1.[C-]1=CC=CC1.[H-].[Zr+3]. The molecule has 2 aliphatic carbocycles. The summed E-state index contributed by atoms with van der Waals surface area (Å²) in [6.45, 7) is 4.42. The van der Waals surface area contributed by atoms with Crippen molar-refractivity contribution in [3.05, 3.63) is 48.6 Å². The first-order valence-electron chi connectivity index (χ1n) is 4.59. The molecule has 0 amide bonds. The van der Waals surface area contributed by atoms with E-state index in [1.807, 2.05) is 24.3 Å². The molecule has 14 heavy (non-hydrogen) atoms. The van der Waals surface area contributed by atoms with Crippen LogP contribution in [-0.2, 0) is 26.2 Å². The van der Waals surface area contributed by atoms with Crippen molar-refractivity contribution in [2.75, 3.05) is 0 Å². The summed E-state index contributed by atoms with van der Waals surface area (Å²) >= 11 is 0. The van der Waals surface area contributed by atoms with E-state index in [0.717, 1.165) is 22.4 Å². The minimum atomic E-state index is 0. The van der Waals surface area contributed by atoms with Crippen LogP contribution in [0.1, 0.15) is 14.3 Å². The van der Waals surface area contributed by atoms with Crippen molar-refractivity contribution in [3.8, 4) is 0 Å². The zero-order valence-corrected chi connectivity index (χ0v) is 12.6. The minimum absolute atomic E-state index is 0. The Morgan fingerprint density at radius 1 is 1.00 bits per heavy atom. The Bertz CT molecular complexity index is 166. The van der Waals surface area contributed by atoms with E-state index in [4.69, 9.17) is 0 Å². The Morgan fingerprint density at radius 3 is 1.43 bits per heavy atom. The zero-order chi connectivity index (χ0) is 9.78. The van der Waals surface area contributed by atoms with Gasteiger partial charge in [-0.2, -0.15) is 12.2 Å². The number of rotatable bonds is 0. The first-order chi connectivity index (χ1) is 6.41. The van der Waals surface area contributed by atoms with Gasteiger partial charge in [0.05, 0.1) is 0 Å². The van der Waals surface area contributed by atoms with E-state index in [2.05, 4.69) is 37.4 Å². The molecule has 2 radical (unpaired) electrons. The van der Waals surface area contributed by atoms with Crippen LogP contribution in [0.4, 0.5) is 0 Å². The Balaban J connectivity index is -0.000000140. The number of hydrogen-bond donors (Lipinski definition) is 0. The van der Waals surface area contributed by atoms with Gasteiger partial charge in [0.2, 0.25) is 0 Å². The molecular weight excluding hydrogens is 263 g/mol. The van der Waals surface area contributed by atoms with Crippen LogP contribution in [0.5, 0.6) is 0 Å². The molecule has 0 unspecified atom stereocenters. The van der Waals surface area contributed by atoms with Crippen LogP contribution in [0.3, 0.4) is 0 Å². The molecule has 0 aromatic heterocycles. The quantitative estimate of drug-likeness (QED) is 0.472. The molecule has 0 bridgehead atoms.